The van der Waals surface area contributed by atoms with E-state index in [1.165, 1.54) is 6.07 Å². The van der Waals surface area contributed by atoms with E-state index >= 15 is 4.39 Å². The second-order valence-electron chi connectivity index (χ2n) is 7.90. The number of rotatable bonds is 6. The maximum atomic E-state index is 15.2. The fourth-order valence-electron chi connectivity index (χ4n) is 2.99. The minimum Gasteiger partial charge on any atom is -0.466 e. The molecule has 1 aliphatic carbocycles. The molecule has 1 N–H and O–H groups in total. The van der Waals surface area contributed by atoms with Crippen molar-refractivity contribution in [2.75, 3.05) is 11.9 Å². The van der Waals surface area contributed by atoms with E-state index < -0.39 is 11.8 Å². The number of hydrogen-bond donors (Lipinski definition) is 1. The van der Waals surface area contributed by atoms with E-state index in [4.69, 9.17) is 4.74 Å². The molecule has 0 radical (unpaired) electrons. The van der Waals surface area contributed by atoms with Gasteiger partial charge >= 0.3 is 5.97 Å². The van der Waals surface area contributed by atoms with Crippen LogP contribution in [0.5, 0.6) is 0 Å². The Morgan fingerprint density at radius 3 is 2.57 bits per heavy atom. The minimum atomic E-state index is -0.546. The minimum absolute atomic E-state index is 0.165. The highest BCUT2D eigenvalue weighted by atomic mass is 19.1. The number of amides is 1. The molecule has 0 fully saturated rings. The van der Waals surface area contributed by atoms with Crippen molar-refractivity contribution in [3.8, 4) is 0 Å². The van der Waals surface area contributed by atoms with Crippen LogP contribution in [0.15, 0.2) is 30.4 Å². The number of imidazole rings is 1. The largest absolute Gasteiger partial charge is 0.466 e. The third-order valence-electron chi connectivity index (χ3n) is 4.21. The Morgan fingerprint density at radius 2 is 2.00 bits per heavy atom. The predicted molar refractivity (Wildman–Crippen MR) is 106 cm³/mol. The predicted octanol–water partition coefficient (Wildman–Crippen LogP) is 4.07. The summed E-state index contributed by atoms with van der Waals surface area (Å²) in [6.07, 6.45) is 5.57. The standard InChI is InChI=1S/C21H24FN3O3/c1-5-28-17(27)11-13-9-10-15-19(18(13)22)25(14-7-6-8-14)20(23-15)24-16(26)12-21(2,3)4/h6-10H,5,11-12H2,1-4H3,(H,23,24,26). The molecule has 28 heavy (non-hydrogen) atoms. The topological polar surface area (TPSA) is 73.2 Å². The first kappa shape index (κ1) is 19.8. The van der Waals surface area contributed by atoms with Crippen LogP contribution in [0.3, 0.4) is 0 Å². The number of esters is 1. The summed E-state index contributed by atoms with van der Waals surface area (Å²) in [5, 5.41) is 2.79. The third kappa shape index (κ3) is 4.13. The van der Waals surface area contributed by atoms with Gasteiger partial charge in [-0.05, 0) is 30.6 Å². The fourth-order valence-corrected chi connectivity index (χ4v) is 2.99. The highest BCUT2D eigenvalue weighted by Gasteiger charge is 2.23. The van der Waals surface area contributed by atoms with Crippen LogP contribution in [-0.4, -0.2) is 28.0 Å². The first-order chi connectivity index (χ1) is 13.2. The van der Waals surface area contributed by atoms with Gasteiger partial charge in [0.05, 0.1) is 18.5 Å². The number of fused-ring (bicyclic) bond motifs is 1. The van der Waals surface area contributed by atoms with Crippen LogP contribution >= 0.6 is 0 Å². The molecule has 6 nitrogen and oxygen atoms in total. The number of nitrogens with one attached hydrogen (secondary N) is 1. The van der Waals surface area contributed by atoms with Gasteiger partial charge < -0.3 is 4.74 Å². The van der Waals surface area contributed by atoms with Crippen LogP contribution in [0, 0.1) is 11.2 Å². The zero-order valence-electron chi connectivity index (χ0n) is 16.5. The Labute approximate surface area is 163 Å². The molecule has 0 bridgehead atoms. The quantitative estimate of drug-likeness (QED) is 0.761. The van der Waals surface area contributed by atoms with Crippen molar-refractivity contribution < 1.29 is 18.7 Å². The van der Waals surface area contributed by atoms with Crippen molar-refractivity contribution in [3.05, 3.63) is 41.7 Å². The molecule has 1 aromatic heterocycles. The van der Waals surface area contributed by atoms with Crippen LogP contribution in [0.1, 0.15) is 39.7 Å². The van der Waals surface area contributed by atoms with E-state index in [0.717, 1.165) is 0 Å². The van der Waals surface area contributed by atoms with E-state index in [0.29, 0.717) is 17.6 Å². The smallest absolute Gasteiger partial charge is 0.310 e. The molecule has 0 unspecified atom stereocenters. The Morgan fingerprint density at radius 1 is 1.29 bits per heavy atom. The number of aromatic nitrogens is 2. The summed E-state index contributed by atoms with van der Waals surface area (Å²) in [6.45, 7) is 7.84. The SMILES string of the molecule is CCOC(=O)Cc1ccc2nc(NC(=O)CC(C)(C)C)n(C3=CC=C3)c2c1F. The Balaban J connectivity index is 2.02. The van der Waals surface area contributed by atoms with Gasteiger partial charge in [0.2, 0.25) is 11.9 Å². The zero-order valence-corrected chi connectivity index (χ0v) is 16.5. The highest BCUT2D eigenvalue weighted by molar-refractivity contribution is 5.95. The average Bonchev–Trinajstić information content (AvgIpc) is 2.86. The second-order valence-corrected chi connectivity index (χ2v) is 7.90. The average molecular weight is 385 g/mol. The zero-order chi connectivity index (χ0) is 20.5. The van der Waals surface area contributed by atoms with Gasteiger partial charge in [-0.3, -0.25) is 19.5 Å². The van der Waals surface area contributed by atoms with Gasteiger partial charge in [-0.2, -0.15) is 0 Å². The number of ether oxygens (including phenoxy) is 1. The lowest BCUT2D eigenvalue weighted by Crippen LogP contribution is -2.21. The lowest BCUT2D eigenvalue weighted by atomic mass is 9.92. The molecule has 0 spiro atoms. The van der Waals surface area contributed by atoms with Gasteiger partial charge in [0.15, 0.2) is 5.82 Å². The molecule has 0 saturated heterocycles. The van der Waals surface area contributed by atoms with Gasteiger partial charge in [-0.1, -0.05) is 32.9 Å². The van der Waals surface area contributed by atoms with Crippen LogP contribution in [0.2, 0.25) is 0 Å². The van der Waals surface area contributed by atoms with Crippen LogP contribution in [0.4, 0.5) is 10.3 Å². The number of carbonyl (C=O) groups excluding carboxylic acids is 2. The lowest BCUT2D eigenvalue weighted by Gasteiger charge is -2.18. The number of allylic oxidation sites excluding steroid dienone is 4. The van der Waals surface area contributed by atoms with Crippen molar-refractivity contribution in [1.82, 2.24) is 9.55 Å². The third-order valence-corrected chi connectivity index (χ3v) is 4.21. The normalized spacial score (nSPS) is 13.2. The van der Waals surface area contributed by atoms with Crippen LogP contribution < -0.4 is 5.32 Å². The molecule has 1 aromatic carbocycles. The lowest BCUT2D eigenvalue weighted by molar-refractivity contribution is -0.142. The van der Waals surface area contributed by atoms with Gasteiger partial charge in [-0.15, -0.1) is 0 Å². The van der Waals surface area contributed by atoms with E-state index in [1.807, 2.05) is 26.8 Å². The Bertz CT molecular complexity index is 996. The molecular formula is C21H24FN3O3. The molecule has 0 aliphatic heterocycles. The summed E-state index contributed by atoms with van der Waals surface area (Å²) in [5.74, 6) is -0.976. The molecule has 7 heteroatoms. The maximum absolute atomic E-state index is 15.2. The number of carbonyl (C=O) groups is 2. The number of nitrogens with zero attached hydrogens (tertiary/aromatic N) is 2. The first-order valence-electron chi connectivity index (χ1n) is 9.23. The Hall–Kier alpha value is -2.96. The molecule has 1 heterocycles. The summed E-state index contributed by atoms with van der Waals surface area (Å²) in [7, 11) is 0. The van der Waals surface area contributed by atoms with Crippen molar-refractivity contribution in [2.24, 2.45) is 5.41 Å². The maximum Gasteiger partial charge on any atom is 0.310 e. The summed E-state index contributed by atoms with van der Waals surface area (Å²) < 4.78 is 21.7. The van der Waals surface area contributed by atoms with Crippen molar-refractivity contribution >= 4 is 34.6 Å². The Kier molecular flexibility index (Phi) is 5.36. The molecule has 3 rings (SSSR count). The van der Waals surface area contributed by atoms with Crippen molar-refractivity contribution in [3.63, 3.8) is 0 Å². The number of hydrogen-bond acceptors (Lipinski definition) is 4. The van der Waals surface area contributed by atoms with Gasteiger partial charge in [0, 0.05) is 17.7 Å². The molecule has 148 valence electrons. The van der Waals surface area contributed by atoms with Crippen LogP contribution in [-0.2, 0) is 20.7 Å². The van der Waals surface area contributed by atoms with E-state index in [9.17, 15) is 9.59 Å². The highest BCUT2D eigenvalue weighted by Crippen LogP contribution is 2.31. The molecule has 0 atom stereocenters. The summed E-state index contributed by atoms with van der Waals surface area (Å²) in [6, 6.07) is 3.17. The number of benzene rings is 1. The van der Waals surface area contributed by atoms with Gasteiger partial charge in [0.25, 0.3) is 0 Å². The van der Waals surface area contributed by atoms with Crippen molar-refractivity contribution in [2.45, 2.75) is 40.5 Å². The van der Waals surface area contributed by atoms with Gasteiger partial charge in [-0.25, -0.2) is 9.37 Å². The van der Waals surface area contributed by atoms with Crippen LogP contribution in [0.25, 0.3) is 16.7 Å². The van der Waals surface area contributed by atoms with E-state index in [2.05, 4.69) is 10.3 Å². The summed E-state index contributed by atoms with van der Waals surface area (Å²) in [5.41, 5.74) is 1.37. The van der Waals surface area contributed by atoms with Gasteiger partial charge in [0.1, 0.15) is 5.52 Å². The number of halogens is 1. The number of anilines is 1. The molecule has 1 amide bonds. The van der Waals surface area contributed by atoms with E-state index in [-0.39, 0.29) is 41.4 Å². The second kappa shape index (κ2) is 7.58. The molecular weight excluding hydrogens is 361 g/mol. The van der Waals surface area contributed by atoms with E-state index in [1.54, 1.807) is 29.7 Å². The monoisotopic (exact) mass is 385 g/mol. The summed E-state index contributed by atoms with van der Waals surface area (Å²) in [4.78, 5) is 28.6. The molecule has 0 saturated carbocycles. The summed E-state index contributed by atoms with van der Waals surface area (Å²) >= 11 is 0. The molecule has 1 aliphatic rings. The molecule has 2 aromatic rings. The first-order valence-corrected chi connectivity index (χ1v) is 9.23. The fraction of sp³-hybridized carbons (Fsp3) is 0.381. The van der Waals surface area contributed by atoms with Crippen molar-refractivity contribution in [1.29, 1.82) is 0 Å².